The Morgan fingerprint density at radius 3 is 2.60 bits per heavy atom. The molecule has 3 atom stereocenters. The molecule has 1 aliphatic rings. The number of rotatable bonds is 4. The van der Waals surface area contributed by atoms with Crippen LogP contribution in [0.15, 0.2) is 12.1 Å². The van der Waals surface area contributed by atoms with Crippen molar-refractivity contribution in [2.24, 2.45) is 17.6 Å². The minimum absolute atomic E-state index is 0.00931. The number of nitrogens with two attached hydrogens (primary N) is 1. The van der Waals surface area contributed by atoms with E-state index in [0.717, 1.165) is 11.5 Å². The van der Waals surface area contributed by atoms with Gasteiger partial charge in [-0.15, -0.1) is 0 Å². The van der Waals surface area contributed by atoms with Crippen molar-refractivity contribution in [2.75, 3.05) is 14.2 Å². The molecule has 2 N–H and O–H groups in total. The van der Waals surface area contributed by atoms with E-state index in [1.165, 1.54) is 25.7 Å². The van der Waals surface area contributed by atoms with Crippen LogP contribution in [-0.2, 0) is 0 Å². The molecule has 1 saturated carbocycles. The highest BCUT2D eigenvalue weighted by Gasteiger charge is 2.26. The van der Waals surface area contributed by atoms with Gasteiger partial charge < -0.3 is 15.2 Å². The van der Waals surface area contributed by atoms with E-state index in [4.69, 9.17) is 26.8 Å². The predicted molar refractivity (Wildman–Crippen MR) is 82.6 cm³/mol. The first kappa shape index (κ1) is 15.5. The summed E-state index contributed by atoms with van der Waals surface area (Å²) in [5.74, 6) is 2.50. The van der Waals surface area contributed by atoms with E-state index >= 15 is 0 Å². The highest BCUT2D eigenvalue weighted by molar-refractivity contribution is 6.32. The van der Waals surface area contributed by atoms with E-state index in [2.05, 4.69) is 6.92 Å². The van der Waals surface area contributed by atoms with Gasteiger partial charge in [-0.2, -0.15) is 0 Å². The summed E-state index contributed by atoms with van der Waals surface area (Å²) in [5.41, 5.74) is 7.49. The third-order valence-corrected chi connectivity index (χ3v) is 4.61. The predicted octanol–water partition coefficient (Wildman–Crippen LogP) is 4.18. The molecule has 0 aromatic heterocycles. The Morgan fingerprint density at radius 1 is 1.25 bits per heavy atom. The first-order valence-electron chi connectivity index (χ1n) is 7.23. The second-order valence-electron chi connectivity index (χ2n) is 5.80. The van der Waals surface area contributed by atoms with Gasteiger partial charge in [-0.1, -0.05) is 31.4 Å². The Hall–Kier alpha value is -0.930. The number of ether oxygens (including phenoxy) is 2. The molecular weight excluding hydrogens is 274 g/mol. The van der Waals surface area contributed by atoms with Gasteiger partial charge in [0.25, 0.3) is 0 Å². The standard InChI is InChI=1S/C16H24ClNO2/c1-10-5-4-6-11(7-10)15(18)12-8-13(17)16(20-3)14(9-12)19-2/h8-11,15H,4-7,18H2,1-3H3. The summed E-state index contributed by atoms with van der Waals surface area (Å²) in [4.78, 5) is 0. The van der Waals surface area contributed by atoms with Crippen molar-refractivity contribution in [3.8, 4) is 11.5 Å². The van der Waals surface area contributed by atoms with Crippen molar-refractivity contribution < 1.29 is 9.47 Å². The fourth-order valence-corrected chi connectivity index (χ4v) is 3.51. The summed E-state index contributed by atoms with van der Waals surface area (Å²) in [5, 5.41) is 0.557. The van der Waals surface area contributed by atoms with E-state index < -0.39 is 0 Å². The van der Waals surface area contributed by atoms with Gasteiger partial charge in [-0.25, -0.2) is 0 Å². The first-order valence-corrected chi connectivity index (χ1v) is 7.61. The number of methoxy groups -OCH3 is 2. The molecule has 0 bridgehead atoms. The van der Waals surface area contributed by atoms with Crippen LogP contribution in [0, 0.1) is 11.8 Å². The Labute approximate surface area is 126 Å². The molecule has 20 heavy (non-hydrogen) atoms. The van der Waals surface area contributed by atoms with Crippen molar-refractivity contribution in [3.63, 3.8) is 0 Å². The van der Waals surface area contributed by atoms with E-state index in [9.17, 15) is 0 Å². The maximum absolute atomic E-state index is 6.46. The van der Waals surface area contributed by atoms with Crippen LogP contribution in [0.5, 0.6) is 11.5 Å². The number of halogens is 1. The molecule has 0 aliphatic heterocycles. The Kier molecular flexibility index (Phi) is 5.17. The lowest BCUT2D eigenvalue weighted by molar-refractivity contribution is 0.247. The average Bonchev–Trinajstić information content (AvgIpc) is 2.45. The van der Waals surface area contributed by atoms with Crippen molar-refractivity contribution in [2.45, 2.75) is 38.6 Å². The Bertz CT molecular complexity index is 464. The molecule has 112 valence electrons. The molecule has 3 nitrogen and oxygen atoms in total. The lowest BCUT2D eigenvalue weighted by Gasteiger charge is -2.31. The van der Waals surface area contributed by atoms with Gasteiger partial charge in [-0.3, -0.25) is 0 Å². The van der Waals surface area contributed by atoms with E-state index in [1.807, 2.05) is 12.1 Å². The molecule has 2 rings (SSSR count). The number of benzene rings is 1. The van der Waals surface area contributed by atoms with Gasteiger partial charge in [0.15, 0.2) is 11.5 Å². The van der Waals surface area contributed by atoms with Crippen LogP contribution in [0.25, 0.3) is 0 Å². The molecule has 1 aliphatic carbocycles. The Balaban J connectivity index is 2.25. The van der Waals surface area contributed by atoms with Crippen LogP contribution in [0.1, 0.15) is 44.2 Å². The van der Waals surface area contributed by atoms with E-state index in [-0.39, 0.29) is 6.04 Å². The minimum Gasteiger partial charge on any atom is -0.493 e. The Morgan fingerprint density at radius 2 is 2.00 bits per heavy atom. The van der Waals surface area contributed by atoms with Gasteiger partial charge in [0, 0.05) is 6.04 Å². The third kappa shape index (κ3) is 3.21. The van der Waals surface area contributed by atoms with Gasteiger partial charge in [0.2, 0.25) is 0 Å². The quantitative estimate of drug-likeness (QED) is 0.906. The first-order chi connectivity index (χ1) is 9.56. The normalized spacial score (nSPS) is 24.2. The van der Waals surface area contributed by atoms with Gasteiger partial charge >= 0.3 is 0 Å². The lowest BCUT2D eigenvalue weighted by Crippen LogP contribution is -2.26. The molecule has 0 amide bonds. The fraction of sp³-hybridized carbons (Fsp3) is 0.625. The van der Waals surface area contributed by atoms with Crippen molar-refractivity contribution in [3.05, 3.63) is 22.7 Å². The molecule has 0 heterocycles. The summed E-state index contributed by atoms with van der Waals surface area (Å²) < 4.78 is 10.6. The monoisotopic (exact) mass is 297 g/mol. The molecule has 1 aromatic rings. The van der Waals surface area contributed by atoms with Crippen molar-refractivity contribution in [1.82, 2.24) is 0 Å². The van der Waals surface area contributed by atoms with Gasteiger partial charge in [-0.05, 0) is 42.4 Å². The van der Waals surface area contributed by atoms with Gasteiger partial charge in [0.1, 0.15) is 0 Å². The SMILES string of the molecule is COc1cc(C(N)C2CCCC(C)C2)cc(Cl)c1OC. The summed E-state index contributed by atoms with van der Waals surface area (Å²) in [6, 6.07) is 3.87. The second kappa shape index (κ2) is 6.68. The molecule has 1 aromatic carbocycles. The molecule has 0 radical (unpaired) electrons. The highest BCUT2D eigenvalue weighted by Crippen LogP contribution is 2.41. The third-order valence-electron chi connectivity index (χ3n) is 4.33. The molecule has 1 fully saturated rings. The molecule has 0 spiro atoms. The number of hydrogen-bond donors (Lipinski definition) is 1. The highest BCUT2D eigenvalue weighted by atomic mass is 35.5. The summed E-state index contributed by atoms with van der Waals surface area (Å²) in [6.45, 7) is 2.31. The van der Waals surface area contributed by atoms with Crippen LogP contribution in [0.4, 0.5) is 0 Å². The second-order valence-corrected chi connectivity index (χ2v) is 6.20. The van der Waals surface area contributed by atoms with Crippen molar-refractivity contribution in [1.29, 1.82) is 0 Å². The molecular formula is C16H24ClNO2. The van der Waals surface area contributed by atoms with E-state index in [0.29, 0.717) is 22.4 Å². The lowest BCUT2D eigenvalue weighted by atomic mass is 9.77. The molecule has 3 unspecified atom stereocenters. The smallest absolute Gasteiger partial charge is 0.179 e. The maximum Gasteiger partial charge on any atom is 0.179 e. The zero-order valence-electron chi connectivity index (χ0n) is 12.5. The number of hydrogen-bond acceptors (Lipinski definition) is 3. The zero-order valence-corrected chi connectivity index (χ0v) is 13.2. The summed E-state index contributed by atoms with van der Waals surface area (Å²) in [7, 11) is 3.21. The minimum atomic E-state index is 0.00931. The summed E-state index contributed by atoms with van der Waals surface area (Å²) in [6.07, 6.45) is 4.96. The maximum atomic E-state index is 6.46. The van der Waals surface area contributed by atoms with Crippen LogP contribution in [-0.4, -0.2) is 14.2 Å². The van der Waals surface area contributed by atoms with E-state index in [1.54, 1.807) is 14.2 Å². The zero-order chi connectivity index (χ0) is 14.7. The van der Waals surface area contributed by atoms with Gasteiger partial charge in [0.05, 0.1) is 19.2 Å². The average molecular weight is 298 g/mol. The van der Waals surface area contributed by atoms with Crippen LogP contribution in [0.3, 0.4) is 0 Å². The van der Waals surface area contributed by atoms with Crippen LogP contribution >= 0.6 is 11.6 Å². The summed E-state index contributed by atoms with van der Waals surface area (Å²) >= 11 is 6.26. The topological polar surface area (TPSA) is 44.5 Å². The fourth-order valence-electron chi connectivity index (χ4n) is 3.21. The molecule has 4 heteroatoms. The largest absolute Gasteiger partial charge is 0.493 e. The van der Waals surface area contributed by atoms with Crippen molar-refractivity contribution >= 4 is 11.6 Å². The van der Waals surface area contributed by atoms with Crippen LogP contribution in [0.2, 0.25) is 5.02 Å². The molecule has 0 saturated heterocycles. The van der Waals surface area contributed by atoms with Crippen LogP contribution < -0.4 is 15.2 Å².